The predicted octanol–water partition coefficient (Wildman–Crippen LogP) is 4.72. The molecule has 0 aliphatic carbocycles. The zero-order valence-electron chi connectivity index (χ0n) is 8.43. The second kappa shape index (κ2) is 5.95. The van der Waals surface area contributed by atoms with E-state index in [0.717, 1.165) is 22.9 Å². The van der Waals surface area contributed by atoms with E-state index in [1.165, 1.54) is 0 Å². The summed E-state index contributed by atoms with van der Waals surface area (Å²) in [5.41, 5.74) is 1.52. The Morgan fingerprint density at radius 3 is 2.67 bits per heavy atom. The third-order valence-corrected chi connectivity index (χ3v) is 3.13. The van der Waals surface area contributed by atoms with Gasteiger partial charge in [0.05, 0.1) is 11.1 Å². The number of nitrogens with zero attached hydrogens (tertiary/aromatic N) is 1. The number of rotatable bonds is 3. The van der Waals surface area contributed by atoms with Gasteiger partial charge in [-0.3, -0.25) is 0 Å². The van der Waals surface area contributed by atoms with Gasteiger partial charge < -0.3 is 0 Å². The lowest BCUT2D eigenvalue weighted by Gasteiger charge is -2.05. The first-order chi connectivity index (χ1) is 7.20. The lowest BCUT2D eigenvalue weighted by Crippen LogP contribution is -1.86. The second-order valence-electron chi connectivity index (χ2n) is 3.13. The van der Waals surface area contributed by atoms with Crippen LogP contribution in [0.4, 0.5) is 0 Å². The van der Waals surface area contributed by atoms with Crippen molar-refractivity contribution < 1.29 is 0 Å². The summed E-state index contributed by atoms with van der Waals surface area (Å²) in [7, 11) is 0. The van der Waals surface area contributed by atoms with Crippen molar-refractivity contribution in [2.75, 3.05) is 0 Å². The molecule has 0 aromatic heterocycles. The first-order valence-corrected chi connectivity index (χ1v) is 5.91. The molecule has 0 N–H and O–H groups in total. The molecule has 0 aliphatic heterocycles. The highest BCUT2D eigenvalue weighted by Crippen LogP contribution is 2.30. The molecule has 0 radical (unpaired) electrons. The number of allylic oxidation sites excluding steroid dienone is 1. The molecule has 1 nitrogen and oxygen atoms in total. The molecule has 0 amide bonds. The summed E-state index contributed by atoms with van der Waals surface area (Å²) < 4.78 is 0.916. The van der Waals surface area contributed by atoms with Crippen LogP contribution in [0.5, 0.6) is 0 Å². The van der Waals surface area contributed by atoms with Gasteiger partial charge in [-0.15, -0.1) is 0 Å². The third-order valence-electron chi connectivity index (χ3n) is 2.01. The summed E-state index contributed by atoms with van der Waals surface area (Å²) in [5, 5.41) is 9.52. The van der Waals surface area contributed by atoms with Crippen LogP contribution >= 0.6 is 27.5 Å². The quantitative estimate of drug-likeness (QED) is 0.737. The lowest BCUT2D eigenvalue weighted by atomic mass is 10.1. The lowest BCUT2D eigenvalue weighted by molar-refractivity contribution is 0.933. The Labute approximate surface area is 103 Å². The van der Waals surface area contributed by atoms with Crippen LogP contribution in [0.25, 0.3) is 5.03 Å². The van der Waals surface area contributed by atoms with Gasteiger partial charge in [-0.05, 0) is 12.5 Å². The topological polar surface area (TPSA) is 23.8 Å². The molecular formula is C12H11BrClN. The maximum atomic E-state index is 8.97. The van der Waals surface area contributed by atoms with Crippen LogP contribution in [0, 0.1) is 11.3 Å². The second-order valence-corrected chi connectivity index (χ2v) is 4.37. The Morgan fingerprint density at radius 1 is 1.47 bits per heavy atom. The maximum absolute atomic E-state index is 8.97. The Hall–Kier alpha value is -0.780. The molecule has 3 heteroatoms. The number of nitriles is 1. The maximum Gasteiger partial charge on any atom is 0.0962 e. The Bertz CT molecular complexity index is 418. The SMILES string of the molecule is CCC/C(C#N)=C(/Cl)c1ccccc1Br. The fraction of sp³-hybridized carbons (Fsp3) is 0.250. The largest absolute Gasteiger partial charge is 0.193 e. The standard InChI is InChI=1S/C12H11BrClN/c1-2-5-9(8-15)12(14)10-6-3-4-7-11(10)13/h3-4,6-7H,2,5H2,1H3/b12-9-. The normalized spacial score (nSPS) is 11.9. The van der Waals surface area contributed by atoms with E-state index >= 15 is 0 Å². The summed E-state index contributed by atoms with van der Waals surface area (Å²) in [6.07, 6.45) is 1.64. The van der Waals surface area contributed by atoms with E-state index in [0.29, 0.717) is 10.6 Å². The molecule has 1 aromatic rings. The van der Waals surface area contributed by atoms with Gasteiger partial charge in [0.25, 0.3) is 0 Å². The minimum absolute atomic E-state index is 0.548. The van der Waals surface area contributed by atoms with E-state index in [4.69, 9.17) is 16.9 Å². The van der Waals surface area contributed by atoms with E-state index in [-0.39, 0.29) is 0 Å². The van der Waals surface area contributed by atoms with Crippen LogP contribution in [0.2, 0.25) is 0 Å². The van der Waals surface area contributed by atoms with Gasteiger partial charge in [0.2, 0.25) is 0 Å². The fourth-order valence-corrected chi connectivity index (χ4v) is 2.17. The number of benzene rings is 1. The zero-order valence-corrected chi connectivity index (χ0v) is 10.8. The summed E-state index contributed by atoms with van der Waals surface area (Å²) in [4.78, 5) is 0. The molecule has 0 atom stereocenters. The minimum Gasteiger partial charge on any atom is -0.193 e. The van der Waals surface area contributed by atoms with Gasteiger partial charge in [0.15, 0.2) is 0 Å². The first kappa shape index (κ1) is 12.3. The van der Waals surface area contributed by atoms with Crippen LogP contribution in [-0.4, -0.2) is 0 Å². The van der Waals surface area contributed by atoms with Crippen LogP contribution in [0.3, 0.4) is 0 Å². The van der Waals surface area contributed by atoms with Crippen LogP contribution in [0.1, 0.15) is 25.3 Å². The summed E-state index contributed by atoms with van der Waals surface area (Å²) in [5.74, 6) is 0. The molecule has 0 spiro atoms. The van der Waals surface area contributed by atoms with E-state index in [1.54, 1.807) is 0 Å². The molecule has 0 saturated carbocycles. The Kier molecular flexibility index (Phi) is 4.87. The number of hydrogen-bond acceptors (Lipinski definition) is 1. The molecule has 0 unspecified atom stereocenters. The molecular weight excluding hydrogens is 273 g/mol. The van der Waals surface area contributed by atoms with Gasteiger partial charge >= 0.3 is 0 Å². The van der Waals surface area contributed by atoms with Gasteiger partial charge in [-0.1, -0.05) is 59.1 Å². The average molecular weight is 285 g/mol. The van der Waals surface area contributed by atoms with E-state index in [2.05, 4.69) is 22.0 Å². The first-order valence-electron chi connectivity index (χ1n) is 4.74. The Morgan fingerprint density at radius 2 is 2.13 bits per heavy atom. The minimum atomic E-state index is 0.548. The van der Waals surface area contributed by atoms with Crippen molar-refractivity contribution in [2.24, 2.45) is 0 Å². The third kappa shape index (κ3) is 3.09. The highest BCUT2D eigenvalue weighted by molar-refractivity contribution is 9.10. The van der Waals surface area contributed by atoms with Gasteiger partial charge in [-0.2, -0.15) is 5.26 Å². The predicted molar refractivity (Wildman–Crippen MR) is 67.4 cm³/mol. The molecule has 0 fully saturated rings. The molecule has 1 rings (SSSR count). The summed E-state index contributed by atoms with van der Waals surface area (Å²) in [6.45, 7) is 2.03. The van der Waals surface area contributed by atoms with Gasteiger partial charge in [0.1, 0.15) is 0 Å². The van der Waals surface area contributed by atoms with Crippen molar-refractivity contribution >= 4 is 32.6 Å². The van der Waals surface area contributed by atoms with E-state index in [1.807, 2.05) is 31.2 Å². The fourth-order valence-electron chi connectivity index (χ4n) is 1.27. The van der Waals surface area contributed by atoms with Crippen LogP contribution < -0.4 is 0 Å². The van der Waals surface area contributed by atoms with Crippen LogP contribution in [-0.2, 0) is 0 Å². The van der Waals surface area contributed by atoms with E-state index < -0.39 is 0 Å². The highest BCUT2D eigenvalue weighted by atomic mass is 79.9. The summed E-state index contributed by atoms with van der Waals surface area (Å²) in [6, 6.07) is 9.80. The Balaban J connectivity index is 3.18. The zero-order chi connectivity index (χ0) is 11.3. The van der Waals surface area contributed by atoms with Crippen molar-refractivity contribution in [3.63, 3.8) is 0 Å². The molecule has 78 valence electrons. The molecule has 15 heavy (non-hydrogen) atoms. The molecule has 0 saturated heterocycles. The van der Waals surface area contributed by atoms with Crippen molar-refractivity contribution in [3.05, 3.63) is 39.9 Å². The van der Waals surface area contributed by atoms with Gasteiger partial charge in [0, 0.05) is 15.6 Å². The van der Waals surface area contributed by atoms with Crippen molar-refractivity contribution in [1.29, 1.82) is 5.26 Å². The molecule has 0 aliphatic rings. The monoisotopic (exact) mass is 283 g/mol. The van der Waals surface area contributed by atoms with Crippen molar-refractivity contribution in [1.82, 2.24) is 0 Å². The van der Waals surface area contributed by atoms with Crippen LogP contribution in [0.15, 0.2) is 34.3 Å². The summed E-state index contributed by atoms with van der Waals surface area (Å²) >= 11 is 9.60. The number of halogens is 2. The molecule has 1 aromatic carbocycles. The molecule has 0 heterocycles. The number of hydrogen-bond donors (Lipinski definition) is 0. The average Bonchev–Trinajstić information content (AvgIpc) is 2.25. The van der Waals surface area contributed by atoms with Gasteiger partial charge in [-0.25, -0.2) is 0 Å². The molecule has 0 bridgehead atoms. The van der Waals surface area contributed by atoms with Crippen molar-refractivity contribution in [2.45, 2.75) is 19.8 Å². The smallest absolute Gasteiger partial charge is 0.0962 e. The van der Waals surface area contributed by atoms with Crippen molar-refractivity contribution in [3.8, 4) is 6.07 Å². The van der Waals surface area contributed by atoms with E-state index in [9.17, 15) is 0 Å². The highest BCUT2D eigenvalue weighted by Gasteiger charge is 2.08.